The Morgan fingerprint density at radius 2 is 2.08 bits per heavy atom. The predicted octanol–water partition coefficient (Wildman–Crippen LogP) is 2.56. The minimum atomic E-state index is 0.582. The van der Waals surface area contributed by atoms with E-state index in [4.69, 9.17) is 23.8 Å². The van der Waals surface area contributed by atoms with Crippen molar-refractivity contribution in [1.29, 1.82) is 0 Å². The normalized spacial score (nSPS) is 15.4. The fourth-order valence-corrected chi connectivity index (χ4v) is 1.84. The number of nitrogens with zero attached hydrogens (tertiary/aromatic N) is 1. The summed E-state index contributed by atoms with van der Waals surface area (Å²) in [5.41, 5.74) is 2.21. The van der Waals surface area contributed by atoms with E-state index in [1.54, 1.807) is 0 Å². The van der Waals surface area contributed by atoms with Gasteiger partial charge in [0.2, 0.25) is 0 Å². The van der Waals surface area contributed by atoms with Gasteiger partial charge < -0.3 is 0 Å². The van der Waals surface area contributed by atoms with Crippen molar-refractivity contribution in [3.05, 3.63) is 35.4 Å². The fourth-order valence-electron chi connectivity index (χ4n) is 1.25. The summed E-state index contributed by atoms with van der Waals surface area (Å²) in [5, 5.41) is 0.582. The molecule has 0 aromatic heterocycles. The van der Waals surface area contributed by atoms with Crippen molar-refractivity contribution in [2.24, 2.45) is 4.99 Å². The average Bonchev–Trinajstić information content (AvgIpc) is 2.04. The van der Waals surface area contributed by atoms with Gasteiger partial charge in [-0.15, -0.1) is 0 Å². The highest BCUT2D eigenvalue weighted by Gasteiger charge is 2.13. The van der Waals surface area contributed by atoms with Gasteiger partial charge in [-0.3, -0.25) is 0 Å². The summed E-state index contributed by atoms with van der Waals surface area (Å²) in [6, 6.07) is 7.94. The zero-order valence-corrected chi connectivity index (χ0v) is 7.82. The van der Waals surface area contributed by atoms with Crippen LogP contribution in [0.5, 0.6) is 0 Å². The Kier molecular flexibility index (Phi) is 1.95. The lowest BCUT2D eigenvalue weighted by molar-refractivity contribution is 1.30. The molecule has 0 spiro atoms. The maximum Gasteiger partial charge on any atom is 0.135 e. The fraction of sp³-hybridized carbons (Fsp3) is 0.111. The van der Waals surface area contributed by atoms with E-state index in [1.807, 2.05) is 24.3 Å². The van der Waals surface area contributed by atoms with Crippen molar-refractivity contribution in [3.63, 3.8) is 0 Å². The molecule has 3 heteroatoms. The Morgan fingerprint density at radius 3 is 2.92 bits per heavy atom. The molecule has 0 saturated heterocycles. The maximum atomic E-state index is 5.80. The summed E-state index contributed by atoms with van der Waals surface area (Å²) in [6.45, 7) is 0. The van der Waals surface area contributed by atoms with Gasteiger partial charge in [-0.2, -0.15) is 0 Å². The van der Waals surface area contributed by atoms with E-state index in [0.717, 1.165) is 5.56 Å². The van der Waals surface area contributed by atoms with Crippen LogP contribution in [-0.2, 0) is 6.42 Å². The van der Waals surface area contributed by atoms with E-state index >= 15 is 0 Å². The molecule has 0 saturated carbocycles. The number of halogens is 1. The van der Waals surface area contributed by atoms with Crippen molar-refractivity contribution in [2.75, 3.05) is 0 Å². The van der Waals surface area contributed by atoms with Crippen molar-refractivity contribution in [2.45, 2.75) is 6.42 Å². The largest absolute Gasteiger partial charge is 0.229 e. The Hall–Kier alpha value is -0.730. The first-order chi connectivity index (χ1) is 5.77. The second-order valence-corrected chi connectivity index (χ2v) is 3.45. The Morgan fingerprint density at radius 1 is 1.33 bits per heavy atom. The molecule has 0 unspecified atom stereocenters. The maximum absolute atomic E-state index is 5.80. The van der Waals surface area contributed by atoms with Crippen LogP contribution in [0.3, 0.4) is 0 Å². The monoisotopic (exact) mass is 195 g/mol. The summed E-state index contributed by atoms with van der Waals surface area (Å²) >= 11 is 10.9. The molecular weight excluding hydrogens is 190 g/mol. The molecule has 1 nitrogen and oxygen atoms in total. The predicted molar refractivity (Wildman–Crippen MR) is 55.1 cm³/mol. The third-order valence-corrected chi connectivity index (χ3v) is 2.34. The summed E-state index contributed by atoms with van der Waals surface area (Å²) in [4.78, 5) is 4.64. The van der Waals surface area contributed by atoms with Gasteiger partial charge in [0.25, 0.3) is 0 Å². The number of thiocarbonyl (C=S) groups is 1. The van der Waals surface area contributed by atoms with Gasteiger partial charge in [0.05, 0.1) is 0 Å². The van der Waals surface area contributed by atoms with E-state index in [0.29, 0.717) is 16.6 Å². The summed E-state index contributed by atoms with van der Waals surface area (Å²) in [6.07, 6.45) is 0.706. The zero-order chi connectivity index (χ0) is 8.55. The molecule has 0 amide bonds. The number of rotatable bonds is 0. The van der Waals surface area contributed by atoms with Gasteiger partial charge in [-0.1, -0.05) is 48.1 Å². The lowest BCUT2D eigenvalue weighted by Crippen LogP contribution is -2.11. The molecular formula is C9H6ClNS. The molecule has 0 fully saturated rings. The lowest BCUT2D eigenvalue weighted by atomic mass is 10.0. The van der Waals surface area contributed by atoms with Gasteiger partial charge in [-0.25, -0.2) is 4.99 Å². The molecule has 12 heavy (non-hydrogen) atoms. The van der Waals surface area contributed by atoms with Crippen LogP contribution in [0.4, 0.5) is 0 Å². The summed E-state index contributed by atoms with van der Waals surface area (Å²) < 4.78 is 0. The summed E-state index contributed by atoms with van der Waals surface area (Å²) in [7, 11) is 0. The molecule has 0 aliphatic carbocycles. The third-order valence-electron chi connectivity index (χ3n) is 1.81. The van der Waals surface area contributed by atoms with Crippen LogP contribution in [0.2, 0.25) is 0 Å². The second-order valence-electron chi connectivity index (χ2n) is 2.63. The van der Waals surface area contributed by atoms with E-state index in [9.17, 15) is 0 Å². The lowest BCUT2D eigenvalue weighted by Gasteiger charge is -2.12. The van der Waals surface area contributed by atoms with Crippen molar-refractivity contribution >= 4 is 34.0 Å². The van der Waals surface area contributed by atoms with Gasteiger partial charge >= 0.3 is 0 Å². The molecule has 0 radical (unpaired) electrons. The van der Waals surface area contributed by atoms with Crippen LogP contribution in [0.15, 0.2) is 29.3 Å². The highest BCUT2D eigenvalue weighted by Crippen LogP contribution is 2.18. The third kappa shape index (κ3) is 1.28. The molecule has 1 aromatic rings. The molecule has 1 aromatic carbocycles. The van der Waals surface area contributed by atoms with Crippen LogP contribution < -0.4 is 0 Å². The number of aliphatic imine (C=N–C) groups is 1. The SMILES string of the molecule is S=C1N=C(Cl)Cc2ccccc21. The molecule has 0 bridgehead atoms. The van der Waals surface area contributed by atoms with Crippen LogP contribution in [-0.4, -0.2) is 10.2 Å². The second kappa shape index (κ2) is 2.96. The first-order valence-corrected chi connectivity index (χ1v) is 4.41. The van der Waals surface area contributed by atoms with Crippen molar-refractivity contribution in [1.82, 2.24) is 0 Å². The quantitative estimate of drug-likeness (QED) is 0.580. The Balaban J connectivity index is 2.56. The van der Waals surface area contributed by atoms with E-state index in [1.165, 1.54) is 5.56 Å². The number of fused-ring (bicyclic) bond motifs is 1. The Bertz CT molecular complexity index is 371. The Labute approximate surface area is 81.1 Å². The first-order valence-electron chi connectivity index (χ1n) is 3.62. The van der Waals surface area contributed by atoms with Gasteiger partial charge in [0, 0.05) is 12.0 Å². The van der Waals surface area contributed by atoms with Crippen molar-refractivity contribution < 1.29 is 0 Å². The highest BCUT2D eigenvalue weighted by molar-refractivity contribution is 7.80. The van der Waals surface area contributed by atoms with Gasteiger partial charge in [-0.05, 0) is 5.56 Å². The smallest absolute Gasteiger partial charge is 0.135 e. The van der Waals surface area contributed by atoms with E-state index in [2.05, 4.69) is 4.99 Å². The summed E-state index contributed by atoms with van der Waals surface area (Å²) in [5.74, 6) is 0. The van der Waals surface area contributed by atoms with Gasteiger partial charge in [0.1, 0.15) is 10.2 Å². The van der Waals surface area contributed by atoms with Crippen LogP contribution in [0, 0.1) is 0 Å². The zero-order valence-electron chi connectivity index (χ0n) is 6.25. The first kappa shape index (κ1) is 7.90. The van der Waals surface area contributed by atoms with Gasteiger partial charge in [0.15, 0.2) is 0 Å². The topological polar surface area (TPSA) is 12.4 Å². The van der Waals surface area contributed by atoms with E-state index < -0.39 is 0 Å². The van der Waals surface area contributed by atoms with Crippen LogP contribution >= 0.6 is 23.8 Å². The average molecular weight is 196 g/mol. The minimum Gasteiger partial charge on any atom is -0.229 e. The van der Waals surface area contributed by atoms with Crippen LogP contribution in [0.25, 0.3) is 0 Å². The number of benzene rings is 1. The molecule has 2 rings (SSSR count). The molecule has 60 valence electrons. The molecule has 1 aliphatic rings. The standard InChI is InChI=1S/C9H6ClNS/c10-8-5-6-3-1-2-4-7(6)9(12)11-8/h1-4H,5H2. The number of hydrogen-bond donors (Lipinski definition) is 0. The minimum absolute atomic E-state index is 0.582. The molecule has 0 atom stereocenters. The van der Waals surface area contributed by atoms with E-state index in [-0.39, 0.29) is 0 Å². The molecule has 0 N–H and O–H groups in total. The number of hydrogen-bond acceptors (Lipinski definition) is 1. The van der Waals surface area contributed by atoms with Crippen molar-refractivity contribution in [3.8, 4) is 0 Å². The molecule has 1 heterocycles. The highest BCUT2D eigenvalue weighted by atomic mass is 35.5. The molecule has 1 aliphatic heterocycles. The van der Waals surface area contributed by atoms with Crippen LogP contribution in [0.1, 0.15) is 11.1 Å².